The lowest BCUT2D eigenvalue weighted by molar-refractivity contribution is -0.141. The predicted molar refractivity (Wildman–Crippen MR) is 148 cm³/mol. The average molecular weight is 601 g/mol. The van der Waals surface area contributed by atoms with Gasteiger partial charge in [0.25, 0.3) is 0 Å². The number of hydrogen-bond acceptors (Lipinski definition) is 9. The van der Waals surface area contributed by atoms with E-state index < -0.39 is 35.8 Å². The minimum Gasteiger partial charge on any atom is -0.491 e. The number of carbonyl (C=O) groups excluding carboxylic acids is 2. The molecule has 1 aliphatic carbocycles. The molecule has 0 aromatic heterocycles. The first kappa shape index (κ1) is 27.4. The first-order valence-electron chi connectivity index (χ1n) is 12.8. The van der Waals surface area contributed by atoms with Crippen LogP contribution in [-0.2, 0) is 14.3 Å². The van der Waals surface area contributed by atoms with Crippen molar-refractivity contribution in [3.63, 3.8) is 0 Å². The minimum atomic E-state index is -0.833. The van der Waals surface area contributed by atoms with E-state index in [4.69, 9.17) is 56.4 Å². The topological polar surface area (TPSA) is 98.8 Å². The summed E-state index contributed by atoms with van der Waals surface area (Å²) in [4.78, 5) is 26.8. The van der Waals surface area contributed by atoms with Crippen molar-refractivity contribution < 1.29 is 42.7 Å². The summed E-state index contributed by atoms with van der Waals surface area (Å²) in [5, 5.41) is 0.301. The molecule has 1 saturated heterocycles. The fourth-order valence-electron chi connectivity index (χ4n) is 5.95. The summed E-state index contributed by atoms with van der Waals surface area (Å²) in [6, 6.07) is 10.6. The van der Waals surface area contributed by atoms with Crippen LogP contribution in [0.4, 0.5) is 0 Å². The second-order valence-corrected chi connectivity index (χ2v) is 10.7. The molecule has 41 heavy (non-hydrogen) atoms. The van der Waals surface area contributed by atoms with Crippen molar-refractivity contribution >= 4 is 35.1 Å². The lowest BCUT2D eigenvalue weighted by Gasteiger charge is -2.39. The van der Waals surface area contributed by atoms with Crippen molar-refractivity contribution in [1.29, 1.82) is 0 Å². The van der Waals surface area contributed by atoms with E-state index in [2.05, 4.69) is 0 Å². The molecule has 2 heterocycles. The van der Waals surface area contributed by atoms with E-state index in [0.29, 0.717) is 33.8 Å². The van der Waals surface area contributed by atoms with Gasteiger partial charge in [0.15, 0.2) is 23.0 Å². The summed E-state index contributed by atoms with van der Waals surface area (Å²) in [6.07, 6.45) is -0.833. The van der Waals surface area contributed by atoms with Gasteiger partial charge in [-0.2, -0.15) is 0 Å². The van der Waals surface area contributed by atoms with Crippen molar-refractivity contribution in [2.75, 3.05) is 34.7 Å². The molecule has 3 aliphatic rings. The third-order valence-electron chi connectivity index (χ3n) is 7.85. The second kappa shape index (κ2) is 10.5. The SMILES string of the molecule is COc1c(Cl)c([C@@H]2c3cc4c(cc3[C@@H](OC(=O)c3ccc(C)cc3)[C@H]3COC(=O)[C@H]23)OCO4)c(Cl)c(OC)c1OC. The molecule has 3 aromatic rings. The van der Waals surface area contributed by atoms with Gasteiger partial charge in [0.1, 0.15) is 6.10 Å². The van der Waals surface area contributed by atoms with E-state index in [1.165, 1.54) is 21.3 Å². The maximum atomic E-state index is 13.4. The number of aryl methyl sites for hydroxylation is 1. The summed E-state index contributed by atoms with van der Waals surface area (Å²) in [5.74, 6) is -1.52. The van der Waals surface area contributed by atoms with Crippen molar-refractivity contribution in [1.82, 2.24) is 0 Å². The lowest BCUT2D eigenvalue weighted by atomic mass is 9.66. The van der Waals surface area contributed by atoms with Gasteiger partial charge in [-0.15, -0.1) is 0 Å². The van der Waals surface area contributed by atoms with Gasteiger partial charge in [-0.3, -0.25) is 4.79 Å². The van der Waals surface area contributed by atoms with Gasteiger partial charge in [-0.05, 0) is 36.8 Å². The molecule has 0 unspecified atom stereocenters. The molecule has 4 atom stereocenters. The Morgan fingerprint density at radius 3 is 2.02 bits per heavy atom. The highest BCUT2D eigenvalue weighted by Crippen LogP contribution is 2.60. The standard InChI is InChI=1S/C30H26Cl2O9/c1-13-5-7-14(8-6-13)29(33)41-25-16-10-19-18(39-12-40-19)9-15(16)20(21-17(25)11-38-30(21)34)22-23(31)26(35-2)28(37-4)27(36-3)24(22)32/h5-10,17,20-21,25H,11-12H2,1-4H3/t17-,20+,21-,25+/m0/s1. The molecule has 0 bridgehead atoms. The normalized spacial score (nSPS) is 22.0. The molecule has 0 saturated carbocycles. The first-order valence-corrected chi connectivity index (χ1v) is 13.6. The molecule has 0 N–H and O–H groups in total. The number of esters is 2. The Morgan fingerprint density at radius 1 is 0.854 bits per heavy atom. The van der Waals surface area contributed by atoms with Crippen molar-refractivity contribution in [2.45, 2.75) is 18.9 Å². The van der Waals surface area contributed by atoms with Gasteiger partial charge >= 0.3 is 11.9 Å². The Labute approximate surface area is 246 Å². The molecule has 0 spiro atoms. The zero-order chi connectivity index (χ0) is 29.0. The summed E-state index contributed by atoms with van der Waals surface area (Å²) in [6.45, 7) is 1.98. The van der Waals surface area contributed by atoms with Crippen LogP contribution in [0.5, 0.6) is 28.7 Å². The molecule has 9 nitrogen and oxygen atoms in total. The third-order valence-corrected chi connectivity index (χ3v) is 8.60. The van der Waals surface area contributed by atoms with Crippen molar-refractivity contribution in [3.8, 4) is 28.7 Å². The Kier molecular flexibility index (Phi) is 7.03. The summed E-state index contributed by atoms with van der Waals surface area (Å²) in [5.41, 5.74) is 3.03. The van der Waals surface area contributed by atoms with Crippen LogP contribution in [0.25, 0.3) is 0 Å². The van der Waals surface area contributed by atoms with E-state index in [9.17, 15) is 9.59 Å². The van der Waals surface area contributed by atoms with Crippen LogP contribution in [0.15, 0.2) is 36.4 Å². The fraction of sp³-hybridized carbons (Fsp3) is 0.333. The van der Waals surface area contributed by atoms with Crippen molar-refractivity contribution in [2.24, 2.45) is 11.8 Å². The smallest absolute Gasteiger partial charge is 0.338 e. The average Bonchev–Trinajstić information content (AvgIpc) is 3.59. The number of hydrogen-bond donors (Lipinski definition) is 0. The first-order chi connectivity index (χ1) is 19.8. The van der Waals surface area contributed by atoms with Crippen LogP contribution in [-0.4, -0.2) is 46.7 Å². The highest BCUT2D eigenvalue weighted by atomic mass is 35.5. The molecule has 0 radical (unpaired) electrons. The van der Waals surface area contributed by atoms with Crippen LogP contribution >= 0.6 is 23.2 Å². The van der Waals surface area contributed by atoms with E-state index in [1.54, 1.807) is 24.3 Å². The number of methoxy groups -OCH3 is 3. The Balaban J connectivity index is 1.57. The fourth-order valence-corrected chi connectivity index (χ4v) is 6.75. The van der Waals surface area contributed by atoms with Gasteiger partial charge in [-0.1, -0.05) is 40.9 Å². The molecule has 1 fully saturated rings. The van der Waals surface area contributed by atoms with Gasteiger partial charge in [0, 0.05) is 23.0 Å². The molecule has 2 aliphatic heterocycles. The monoisotopic (exact) mass is 600 g/mol. The number of benzene rings is 3. The number of fused-ring (bicyclic) bond motifs is 3. The Morgan fingerprint density at radius 2 is 1.44 bits per heavy atom. The zero-order valence-corrected chi connectivity index (χ0v) is 24.1. The highest BCUT2D eigenvalue weighted by molar-refractivity contribution is 6.38. The molecular weight excluding hydrogens is 575 g/mol. The maximum absolute atomic E-state index is 13.4. The van der Waals surface area contributed by atoms with Crippen LogP contribution in [0.1, 0.15) is 44.6 Å². The van der Waals surface area contributed by atoms with E-state index in [1.807, 2.05) is 19.1 Å². The van der Waals surface area contributed by atoms with Gasteiger partial charge in [0.2, 0.25) is 12.5 Å². The van der Waals surface area contributed by atoms with Crippen LogP contribution in [0, 0.1) is 18.8 Å². The highest BCUT2D eigenvalue weighted by Gasteiger charge is 2.55. The van der Waals surface area contributed by atoms with Crippen molar-refractivity contribution in [3.05, 3.63) is 74.3 Å². The Hall–Kier alpha value is -3.82. The quantitative estimate of drug-likeness (QED) is 0.321. The summed E-state index contributed by atoms with van der Waals surface area (Å²) < 4.78 is 39.8. The van der Waals surface area contributed by atoms with Gasteiger partial charge in [0.05, 0.1) is 49.5 Å². The molecule has 6 rings (SSSR count). The predicted octanol–water partition coefficient (Wildman–Crippen LogP) is 5.89. The van der Waals surface area contributed by atoms with E-state index >= 15 is 0 Å². The minimum absolute atomic E-state index is 0.0251. The van der Waals surface area contributed by atoms with Gasteiger partial charge in [-0.25, -0.2) is 4.79 Å². The summed E-state index contributed by atoms with van der Waals surface area (Å²) >= 11 is 13.9. The van der Waals surface area contributed by atoms with Crippen LogP contribution in [0.3, 0.4) is 0 Å². The maximum Gasteiger partial charge on any atom is 0.338 e. The third kappa shape index (κ3) is 4.30. The van der Waals surface area contributed by atoms with Crippen LogP contribution in [0.2, 0.25) is 10.0 Å². The Bertz CT molecular complexity index is 1520. The molecule has 3 aromatic carbocycles. The molecule has 11 heteroatoms. The number of halogens is 2. The molecule has 0 amide bonds. The summed E-state index contributed by atoms with van der Waals surface area (Å²) in [7, 11) is 4.34. The number of ether oxygens (including phenoxy) is 7. The van der Waals surface area contributed by atoms with Crippen LogP contribution < -0.4 is 23.7 Å². The number of cyclic esters (lactones) is 1. The molecule has 214 valence electrons. The molecular formula is C30H26Cl2O9. The van der Waals surface area contributed by atoms with E-state index in [0.717, 1.165) is 5.56 Å². The van der Waals surface area contributed by atoms with Gasteiger partial charge < -0.3 is 33.2 Å². The number of carbonyl (C=O) groups is 2. The zero-order valence-electron chi connectivity index (χ0n) is 22.6. The number of rotatable bonds is 6. The van der Waals surface area contributed by atoms with E-state index in [-0.39, 0.29) is 40.7 Å². The largest absolute Gasteiger partial charge is 0.491 e. The second-order valence-electron chi connectivity index (χ2n) is 9.97. The lowest BCUT2D eigenvalue weighted by Crippen LogP contribution is -2.37.